The first kappa shape index (κ1) is 17.9. The lowest BCUT2D eigenvalue weighted by atomic mass is 10.1. The number of unbranched alkanes of at least 4 members (excludes halogenated alkanes) is 1. The summed E-state index contributed by atoms with van der Waals surface area (Å²) < 4.78 is 27.9. The SMILES string of the molecule is COCCCCNC(=O)c1cc(Cl)cc(S(N)(=O)=O)c1C. The summed E-state index contributed by atoms with van der Waals surface area (Å²) >= 11 is 5.86. The van der Waals surface area contributed by atoms with Gasteiger partial charge in [0.05, 0.1) is 4.90 Å². The highest BCUT2D eigenvalue weighted by Crippen LogP contribution is 2.23. The third-order valence-corrected chi connectivity index (χ3v) is 4.19. The molecule has 0 saturated heterocycles. The molecule has 1 rings (SSSR count). The topological polar surface area (TPSA) is 98.5 Å². The van der Waals surface area contributed by atoms with Gasteiger partial charge in [0.15, 0.2) is 0 Å². The summed E-state index contributed by atoms with van der Waals surface area (Å²) in [7, 11) is -2.31. The van der Waals surface area contributed by atoms with E-state index in [1.165, 1.54) is 19.1 Å². The second kappa shape index (κ2) is 7.74. The Morgan fingerprint density at radius 1 is 1.38 bits per heavy atom. The van der Waals surface area contributed by atoms with Crippen molar-refractivity contribution in [2.75, 3.05) is 20.3 Å². The maximum Gasteiger partial charge on any atom is 0.251 e. The number of nitrogens with two attached hydrogens (primary N) is 1. The molecule has 0 atom stereocenters. The highest BCUT2D eigenvalue weighted by atomic mass is 35.5. The van der Waals surface area contributed by atoms with E-state index in [2.05, 4.69) is 5.32 Å². The number of halogens is 1. The normalized spacial score (nSPS) is 11.4. The molecule has 0 radical (unpaired) electrons. The van der Waals surface area contributed by atoms with Crippen LogP contribution in [0.2, 0.25) is 5.02 Å². The smallest absolute Gasteiger partial charge is 0.251 e. The molecule has 0 aliphatic heterocycles. The first-order valence-electron chi connectivity index (χ1n) is 6.37. The van der Waals surface area contributed by atoms with Gasteiger partial charge in [0, 0.05) is 30.8 Å². The van der Waals surface area contributed by atoms with Gasteiger partial charge in [-0.15, -0.1) is 0 Å². The molecule has 6 nitrogen and oxygen atoms in total. The van der Waals surface area contributed by atoms with Gasteiger partial charge in [-0.3, -0.25) is 4.79 Å². The van der Waals surface area contributed by atoms with Crippen molar-refractivity contribution in [3.63, 3.8) is 0 Å². The molecule has 118 valence electrons. The van der Waals surface area contributed by atoms with Crippen LogP contribution in [0, 0.1) is 6.92 Å². The monoisotopic (exact) mass is 334 g/mol. The Morgan fingerprint density at radius 3 is 2.62 bits per heavy atom. The third kappa shape index (κ3) is 5.28. The van der Waals surface area contributed by atoms with Crippen LogP contribution in [0.15, 0.2) is 17.0 Å². The van der Waals surface area contributed by atoms with Crippen LogP contribution in [0.1, 0.15) is 28.8 Å². The average molecular weight is 335 g/mol. The predicted molar refractivity (Wildman–Crippen MR) is 81.0 cm³/mol. The van der Waals surface area contributed by atoms with Crippen molar-refractivity contribution in [2.24, 2.45) is 5.14 Å². The number of hydrogen-bond acceptors (Lipinski definition) is 4. The first-order chi connectivity index (χ1) is 9.77. The van der Waals surface area contributed by atoms with Crippen LogP contribution in [0.5, 0.6) is 0 Å². The Morgan fingerprint density at radius 2 is 2.05 bits per heavy atom. The summed E-state index contributed by atoms with van der Waals surface area (Å²) in [6.45, 7) is 2.62. The standard InChI is InChI=1S/C13H19ClN2O4S/c1-9-11(13(17)16-5-3-4-6-20-2)7-10(14)8-12(9)21(15,18)19/h7-8H,3-6H2,1-2H3,(H,16,17)(H2,15,18,19). The molecule has 0 unspecified atom stereocenters. The lowest BCUT2D eigenvalue weighted by Gasteiger charge is -2.11. The Balaban J connectivity index is 2.88. The van der Waals surface area contributed by atoms with Crippen LogP contribution < -0.4 is 10.5 Å². The van der Waals surface area contributed by atoms with Crippen LogP contribution in [0.25, 0.3) is 0 Å². The second-order valence-electron chi connectivity index (χ2n) is 4.58. The molecular formula is C13H19ClN2O4S. The summed E-state index contributed by atoms with van der Waals surface area (Å²) in [5, 5.41) is 7.98. The van der Waals surface area contributed by atoms with E-state index in [-0.39, 0.29) is 27.0 Å². The van der Waals surface area contributed by atoms with E-state index in [4.69, 9.17) is 21.5 Å². The molecule has 1 aromatic rings. The number of primary sulfonamides is 1. The maximum absolute atomic E-state index is 12.1. The quantitative estimate of drug-likeness (QED) is 0.737. The van der Waals surface area contributed by atoms with E-state index in [9.17, 15) is 13.2 Å². The number of methoxy groups -OCH3 is 1. The van der Waals surface area contributed by atoms with Gasteiger partial charge < -0.3 is 10.1 Å². The number of carbonyl (C=O) groups is 1. The number of amides is 1. The van der Waals surface area contributed by atoms with Gasteiger partial charge in [0.25, 0.3) is 5.91 Å². The Bertz CT molecular complexity index is 617. The van der Waals surface area contributed by atoms with Crippen LogP contribution in [-0.2, 0) is 14.8 Å². The Kier molecular flexibility index (Phi) is 6.60. The van der Waals surface area contributed by atoms with Crippen molar-refractivity contribution < 1.29 is 17.9 Å². The van der Waals surface area contributed by atoms with Gasteiger partial charge in [-0.25, -0.2) is 13.6 Å². The minimum absolute atomic E-state index is 0.139. The van der Waals surface area contributed by atoms with Crippen LogP contribution >= 0.6 is 11.6 Å². The molecule has 1 aromatic carbocycles. The molecule has 0 spiro atoms. The van der Waals surface area contributed by atoms with Crippen molar-refractivity contribution >= 4 is 27.5 Å². The maximum atomic E-state index is 12.1. The molecule has 1 amide bonds. The molecule has 0 saturated carbocycles. The lowest BCUT2D eigenvalue weighted by molar-refractivity contribution is 0.0950. The molecule has 0 bridgehead atoms. The molecular weight excluding hydrogens is 316 g/mol. The number of benzene rings is 1. The van der Waals surface area contributed by atoms with Crippen molar-refractivity contribution in [2.45, 2.75) is 24.7 Å². The zero-order valence-corrected chi connectivity index (χ0v) is 13.6. The van der Waals surface area contributed by atoms with E-state index in [1.54, 1.807) is 7.11 Å². The molecule has 8 heteroatoms. The molecule has 0 aromatic heterocycles. The molecule has 0 fully saturated rings. The average Bonchev–Trinajstić information content (AvgIpc) is 2.39. The second-order valence-corrected chi connectivity index (χ2v) is 6.54. The summed E-state index contributed by atoms with van der Waals surface area (Å²) in [5.41, 5.74) is 0.495. The third-order valence-electron chi connectivity index (χ3n) is 2.94. The molecule has 21 heavy (non-hydrogen) atoms. The Hall–Kier alpha value is -1.15. The minimum atomic E-state index is -3.93. The fourth-order valence-corrected chi connectivity index (χ4v) is 2.96. The predicted octanol–water partition coefficient (Wildman–Crippen LogP) is 1.45. The van der Waals surface area contributed by atoms with E-state index in [0.717, 1.165) is 12.8 Å². The van der Waals surface area contributed by atoms with Crippen molar-refractivity contribution in [3.8, 4) is 0 Å². The highest BCUT2D eigenvalue weighted by molar-refractivity contribution is 7.89. The van der Waals surface area contributed by atoms with Crippen molar-refractivity contribution in [1.29, 1.82) is 0 Å². The lowest BCUT2D eigenvalue weighted by Crippen LogP contribution is -2.26. The summed E-state index contributed by atoms with van der Waals surface area (Å²) in [5.74, 6) is -0.377. The first-order valence-corrected chi connectivity index (χ1v) is 8.30. The Labute approximate surface area is 129 Å². The zero-order chi connectivity index (χ0) is 16.0. The van der Waals surface area contributed by atoms with E-state index >= 15 is 0 Å². The molecule has 0 aliphatic carbocycles. The summed E-state index contributed by atoms with van der Waals surface area (Å²) in [6, 6.07) is 2.66. The zero-order valence-electron chi connectivity index (χ0n) is 12.0. The van der Waals surface area contributed by atoms with Gasteiger partial charge >= 0.3 is 0 Å². The highest BCUT2D eigenvalue weighted by Gasteiger charge is 2.19. The fourth-order valence-electron chi connectivity index (χ4n) is 1.85. The van der Waals surface area contributed by atoms with Gasteiger partial charge in [-0.2, -0.15) is 0 Å². The van der Waals surface area contributed by atoms with E-state index in [1.807, 2.05) is 0 Å². The largest absolute Gasteiger partial charge is 0.385 e. The van der Waals surface area contributed by atoms with Gasteiger partial charge in [0.2, 0.25) is 10.0 Å². The molecule has 3 N–H and O–H groups in total. The number of carbonyl (C=O) groups excluding carboxylic acids is 1. The number of ether oxygens (including phenoxy) is 1. The van der Waals surface area contributed by atoms with Crippen LogP contribution in [0.4, 0.5) is 0 Å². The van der Waals surface area contributed by atoms with Gasteiger partial charge in [-0.1, -0.05) is 11.6 Å². The number of nitrogens with one attached hydrogen (secondary N) is 1. The van der Waals surface area contributed by atoms with E-state index in [0.29, 0.717) is 13.2 Å². The van der Waals surface area contributed by atoms with Crippen molar-refractivity contribution in [1.82, 2.24) is 5.32 Å². The van der Waals surface area contributed by atoms with Gasteiger partial charge in [0.1, 0.15) is 0 Å². The number of hydrogen-bond donors (Lipinski definition) is 2. The summed E-state index contributed by atoms with van der Waals surface area (Å²) in [6.07, 6.45) is 1.59. The van der Waals surface area contributed by atoms with Crippen molar-refractivity contribution in [3.05, 3.63) is 28.3 Å². The number of sulfonamides is 1. The van der Waals surface area contributed by atoms with E-state index < -0.39 is 10.0 Å². The minimum Gasteiger partial charge on any atom is -0.385 e. The van der Waals surface area contributed by atoms with Gasteiger partial charge in [-0.05, 0) is 37.5 Å². The number of rotatable bonds is 7. The fraction of sp³-hybridized carbons (Fsp3) is 0.462. The van der Waals surface area contributed by atoms with Crippen LogP contribution in [-0.4, -0.2) is 34.6 Å². The van der Waals surface area contributed by atoms with Crippen LogP contribution in [0.3, 0.4) is 0 Å². The summed E-state index contributed by atoms with van der Waals surface area (Å²) in [4.78, 5) is 12.0. The molecule has 0 heterocycles. The molecule has 0 aliphatic rings.